The van der Waals surface area contributed by atoms with Crippen LogP contribution in [0.5, 0.6) is 0 Å². The molecule has 122 valence electrons. The quantitative estimate of drug-likeness (QED) is 0.783. The van der Waals surface area contributed by atoms with Gasteiger partial charge in [-0.3, -0.25) is 0 Å². The molecule has 0 bridgehead atoms. The van der Waals surface area contributed by atoms with Crippen LogP contribution in [0.15, 0.2) is 41.6 Å². The standard InChI is InChI=1S/C22H29N/c1-5-8-14(2)21-20(13-15(3)22(21)23)19-12-11-17-9-6-7-10-18(17)16(19)4/h11-13,15H,2,5-10,23H2,1,3-4H3. The summed E-state index contributed by atoms with van der Waals surface area (Å²) in [5.41, 5.74) is 17.1. The molecule has 0 radical (unpaired) electrons. The Balaban J connectivity index is 2.07. The van der Waals surface area contributed by atoms with Crippen molar-refractivity contribution >= 4 is 5.57 Å². The largest absolute Gasteiger partial charge is 0.401 e. The fourth-order valence-electron chi connectivity index (χ4n) is 4.16. The molecule has 0 amide bonds. The Bertz CT molecular complexity index is 703. The second-order valence-electron chi connectivity index (χ2n) is 7.14. The van der Waals surface area contributed by atoms with E-state index in [-0.39, 0.29) is 0 Å². The first-order valence-electron chi connectivity index (χ1n) is 9.06. The lowest BCUT2D eigenvalue weighted by molar-refractivity contribution is 0.681. The molecule has 1 unspecified atom stereocenters. The molecule has 1 atom stereocenters. The molecule has 1 heteroatoms. The number of nitrogens with two attached hydrogens (primary N) is 1. The highest BCUT2D eigenvalue weighted by atomic mass is 14.6. The van der Waals surface area contributed by atoms with E-state index in [1.54, 1.807) is 11.1 Å². The molecule has 0 aromatic heterocycles. The van der Waals surface area contributed by atoms with E-state index in [9.17, 15) is 0 Å². The lowest BCUT2D eigenvalue weighted by atomic mass is 9.83. The zero-order valence-corrected chi connectivity index (χ0v) is 14.8. The van der Waals surface area contributed by atoms with Crippen LogP contribution in [-0.2, 0) is 12.8 Å². The van der Waals surface area contributed by atoms with Crippen LogP contribution in [0.25, 0.3) is 5.57 Å². The van der Waals surface area contributed by atoms with Gasteiger partial charge in [-0.05, 0) is 72.4 Å². The zero-order valence-electron chi connectivity index (χ0n) is 14.8. The molecule has 1 aromatic rings. The predicted molar refractivity (Wildman–Crippen MR) is 100 cm³/mol. The molecule has 0 saturated carbocycles. The van der Waals surface area contributed by atoms with Crippen LogP contribution in [0.3, 0.4) is 0 Å². The van der Waals surface area contributed by atoms with Gasteiger partial charge in [-0.15, -0.1) is 0 Å². The third kappa shape index (κ3) is 2.78. The van der Waals surface area contributed by atoms with Gasteiger partial charge in [0, 0.05) is 17.2 Å². The molecule has 23 heavy (non-hydrogen) atoms. The Morgan fingerprint density at radius 3 is 2.74 bits per heavy atom. The van der Waals surface area contributed by atoms with Crippen LogP contribution in [0.1, 0.15) is 61.8 Å². The minimum Gasteiger partial charge on any atom is -0.401 e. The lowest BCUT2D eigenvalue weighted by Crippen LogP contribution is -2.08. The first-order chi connectivity index (χ1) is 11.0. The molecule has 2 aliphatic rings. The molecule has 2 aliphatic carbocycles. The van der Waals surface area contributed by atoms with Crippen LogP contribution in [0.4, 0.5) is 0 Å². The summed E-state index contributed by atoms with van der Waals surface area (Å²) in [4.78, 5) is 0. The van der Waals surface area contributed by atoms with Gasteiger partial charge in [-0.2, -0.15) is 0 Å². The van der Waals surface area contributed by atoms with Crippen LogP contribution in [0, 0.1) is 12.8 Å². The smallest absolute Gasteiger partial charge is 0.0230 e. The van der Waals surface area contributed by atoms with Gasteiger partial charge in [0.15, 0.2) is 0 Å². The summed E-state index contributed by atoms with van der Waals surface area (Å²) in [6, 6.07) is 4.66. The first-order valence-corrected chi connectivity index (χ1v) is 9.06. The number of benzene rings is 1. The molecule has 0 spiro atoms. The molecule has 3 rings (SSSR count). The summed E-state index contributed by atoms with van der Waals surface area (Å²) in [5.74, 6) is 0.309. The van der Waals surface area contributed by atoms with Crippen molar-refractivity contribution in [3.05, 3.63) is 63.9 Å². The van der Waals surface area contributed by atoms with Gasteiger partial charge in [0.2, 0.25) is 0 Å². The third-order valence-electron chi connectivity index (χ3n) is 5.48. The molecular formula is C22H29N. The number of aryl methyl sites for hydroxylation is 1. The summed E-state index contributed by atoms with van der Waals surface area (Å²) in [7, 11) is 0. The Labute approximate surface area is 141 Å². The Morgan fingerprint density at radius 1 is 1.26 bits per heavy atom. The number of allylic oxidation sites excluding steroid dienone is 4. The van der Waals surface area contributed by atoms with E-state index in [2.05, 4.69) is 45.6 Å². The van der Waals surface area contributed by atoms with Crippen LogP contribution in [-0.4, -0.2) is 0 Å². The Kier molecular flexibility index (Phi) is 4.48. The van der Waals surface area contributed by atoms with Gasteiger partial charge in [0.25, 0.3) is 0 Å². The number of rotatable bonds is 4. The molecule has 0 saturated heterocycles. The number of hydrogen-bond acceptors (Lipinski definition) is 1. The molecule has 1 nitrogen and oxygen atoms in total. The van der Waals surface area contributed by atoms with Crippen molar-refractivity contribution in [3.63, 3.8) is 0 Å². The highest BCUT2D eigenvalue weighted by Crippen LogP contribution is 2.42. The molecule has 0 heterocycles. The summed E-state index contributed by atoms with van der Waals surface area (Å²) in [5, 5.41) is 0. The second-order valence-corrected chi connectivity index (χ2v) is 7.14. The van der Waals surface area contributed by atoms with Crippen molar-refractivity contribution in [2.75, 3.05) is 0 Å². The van der Waals surface area contributed by atoms with E-state index < -0.39 is 0 Å². The number of hydrogen-bond donors (Lipinski definition) is 1. The van der Waals surface area contributed by atoms with Crippen molar-refractivity contribution in [2.45, 2.75) is 59.3 Å². The zero-order chi connectivity index (χ0) is 16.6. The van der Waals surface area contributed by atoms with Gasteiger partial charge < -0.3 is 5.73 Å². The summed E-state index contributed by atoms with van der Waals surface area (Å²) in [6.45, 7) is 11.0. The molecule has 2 N–H and O–H groups in total. The maximum Gasteiger partial charge on any atom is 0.0230 e. The predicted octanol–water partition coefficient (Wildman–Crippen LogP) is 5.48. The maximum absolute atomic E-state index is 6.44. The minimum atomic E-state index is 0.309. The normalized spacial score (nSPS) is 20.5. The van der Waals surface area contributed by atoms with Crippen LogP contribution < -0.4 is 5.73 Å². The summed E-state index contributed by atoms with van der Waals surface area (Å²) >= 11 is 0. The highest BCUT2D eigenvalue weighted by Gasteiger charge is 2.26. The fraction of sp³-hybridized carbons (Fsp3) is 0.455. The molecule has 1 aromatic carbocycles. The van der Waals surface area contributed by atoms with Crippen molar-refractivity contribution in [2.24, 2.45) is 11.7 Å². The first kappa shape index (κ1) is 16.1. The summed E-state index contributed by atoms with van der Waals surface area (Å²) in [6.07, 6.45) is 9.58. The average Bonchev–Trinajstić information content (AvgIpc) is 2.83. The molecule has 0 aliphatic heterocycles. The third-order valence-corrected chi connectivity index (χ3v) is 5.48. The van der Waals surface area contributed by atoms with Gasteiger partial charge in [0.1, 0.15) is 0 Å². The monoisotopic (exact) mass is 307 g/mol. The highest BCUT2D eigenvalue weighted by molar-refractivity contribution is 5.89. The molecule has 0 fully saturated rings. The van der Waals surface area contributed by atoms with Gasteiger partial charge >= 0.3 is 0 Å². The van der Waals surface area contributed by atoms with Gasteiger partial charge in [-0.1, -0.05) is 45.1 Å². The van der Waals surface area contributed by atoms with Crippen LogP contribution >= 0.6 is 0 Å². The lowest BCUT2D eigenvalue weighted by Gasteiger charge is -2.22. The van der Waals surface area contributed by atoms with E-state index in [4.69, 9.17) is 5.73 Å². The fourth-order valence-corrected chi connectivity index (χ4v) is 4.16. The van der Waals surface area contributed by atoms with E-state index in [0.29, 0.717) is 5.92 Å². The average molecular weight is 307 g/mol. The van der Waals surface area contributed by atoms with Crippen molar-refractivity contribution in [3.8, 4) is 0 Å². The van der Waals surface area contributed by atoms with E-state index in [1.165, 1.54) is 53.5 Å². The van der Waals surface area contributed by atoms with Gasteiger partial charge in [0.05, 0.1) is 0 Å². The van der Waals surface area contributed by atoms with E-state index >= 15 is 0 Å². The SMILES string of the molecule is C=C(CCC)C1=C(N)C(C)C=C1c1ccc2c(c1C)CCCC2. The van der Waals surface area contributed by atoms with Crippen molar-refractivity contribution < 1.29 is 0 Å². The van der Waals surface area contributed by atoms with E-state index in [0.717, 1.165) is 18.5 Å². The Morgan fingerprint density at radius 2 is 2.00 bits per heavy atom. The van der Waals surface area contributed by atoms with E-state index in [1.807, 2.05) is 0 Å². The number of fused-ring (bicyclic) bond motifs is 1. The maximum atomic E-state index is 6.44. The second kappa shape index (κ2) is 6.39. The van der Waals surface area contributed by atoms with Crippen molar-refractivity contribution in [1.82, 2.24) is 0 Å². The van der Waals surface area contributed by atoms with Crippen LogP contribution in [0.2, 0.25) is 0 Å². The Hall–Kier alpha value is -1.76. The topological polar surface area (TPSA) is 26.0 Å². The minimum absolute atomic E-state index is 0.309. The van der Waals surface area contributed by atoms with Gasteiger partial charge in [-0.25, -0.2) is 0 Å². The summed E-state index contributed by atoms with van der Waals surface area (Å²) < 4.78 is 0. The molecular weight excluding hydrogens is 278 g/mol. The van der Waals surface area contributed by atoms with Crippen molar-refractivity contribution in [1.29, 1.82) is 0 Å².